The monoisotopic (exact) mass is 277 g/mol. The van der Waals surface area contributed by atoms with Gasteiger partial charge in [0.2, 0.25) is 0 Å². The number of aliphatic carboxylic acids is 1. The van der Waals surface area contributed by atoms with E-state index in [0.29, 0.717) is 18.0 Å². The minimum Gasteiger partial charge on any atom is -0.481 e. The fourth-order valence-electron chi connectivity index (χ4n) is 2.16. The highest BCUT2D eigenvalue weighted by molar-refractivity contribution is 5.99. The van der Waals surface area contributed by atoms with Gasteiger partial charge in [0.1, 0.15) is 0 Å². The molecular formula is C16H23NO3. The maximum atomic E-state index is 12.4. The topological polar surface area (TPSA) is 57.6 Å². The van der Waals surface area contributed by atoms with Gasteiger partial charge in [0, 0.05) is 18.0 Å². The first-order valence-corrected chi connectivity index (χ1v) is 6.82. The molecule has 20 heavy (non-hydrogen) atoms. The molecule has 1 atom stereocenters. The van der Waals surface area contributed by atoms with Gasteiger partial charge in [0.25, 0.3) is 0 Å². The second kappa shape index (κ2) is 7.20. The maximum absolute atomic E-state index is 12.4. The molecule has 0 saturated heterocycles. The summed E-state index contributed by atoms with van der Waals surface area (Å²) >= 11 is 0. The molecule has 1 unspecified atom stereocenters. The third-order valence-electron chi connectivity index (χ3n) is 3.24. The summed E-state index contributed by atoms with van der Waals surface area (Å²) in [6.45, 7) is 4.63. The highest BCUT2D eigenvalue weighted by Crippen LogP contribution is 2.18. The molecule has 0 fully saturated rings. The smallest absolute Gasteiger partial charge is 0.304 e. The summed E-state index contributed by atoms with van der Waals surface area (Å²) in [6.07, 6.45) is -0.136. The molecule has 1 rings (SSSR count). The lowest BCUT2D eigenvalue weighted by atomic mass is 9.92. The fourth-order valence-corrected chi connectivity index (χ4v) is 2.16. The molecule has 0 bridgehead atoms. The van der Waals surface area contributed by atoms with Crippen LogP contribution in [-0.2, 0) is 4.79 Å². The number of carbonyl (C=O) groups is 2. The van der Waals surface area contributed by atoms with Crippen molar-refractivity contribution in [1.29, 1.82) is 0 Å². The van der Waals surface area contributed by atoms with Crippen LogP contribution in [0, 0.1) is 5.92 Å². The summed E-state index contributed by atoms with van der Waals surface area (Å²) in [5.74, 6) is -1.14. The van der Waals surface area contributed by atoms with Gasteiger partial charge in [-0.05, 0) is 25.6 Å². The minimum atomic E-state index is -0.941. The molecule has 4 nitrogen and oxygen atoms in total. The molecule has 0 aliphatic rings. The molecule has 0 heterocycles. The molecule has 1 aromatic rings. The van der Waals surface area contributed by atoms with Gasteiger partial charge in [-0.3, -0.25) is 9.59 Å². The molecule has 1 aromatic carbocycles. The van der Waals surface area contributed by atoms with E-state index in [2.05, 4.69) is 13.8 Å². The largest absolute Gasteiger partial charge is 0.481 e. The number of ketones is 1. The van der Waals surface area contributed by atoms with E-state index in [-0.39, 0.29) is 12.2 Å². The lowest BCUT2D eigenvalue weighted by molar-refractivity contribution is -0.137. The van der Waals surface area contributed by atoms with Crippen LogP contribution in [0.15, 0.2) is 24.3 Å². The highest BCUT2D eigenvalue weighted by Gasteiger charge is 2.23. The average Bonchev–Trinajstić information content (AvgIpc) is 2.36. The van der Waals surface area contributed by atoms with Gasteiger partial charge in [-0.25, -0.2) is 0 Å². The number of nitrogens with zero attached hydrogens (tertiary/aromatic N) is 1. The van der Waals surface area contributed by atoms with Gasteiger partial charge >= 0.3 is 5.97 Å². The molecule has 0 aromatic heterocycles. The van der Waals surface area contributed by atoms with Crippen LogP contribution >= 0.6 is 0 Å². The first-order valence-electron chi connectivity index (χ1n) is 6.82. The molecule has 4 heteroatoms. The SMILES string of the molecule is CC(C)c1ccc(C(=O)C(CC(=O)O)CN(C)C)cc1. The van der Waals surface area contributed by atoms with Gasteiger partial charge in [-0.1, -0.05) is 38.1 Å². The van der Waals surface area contributed by atoms with E-state index >= 15 is 0 Å². The zero-order valence-corrected chi connectivity index (χ0v) is 12.6. The molecular weight excluding hydrogens is 254 g/mol. The Balaban J connectivity index is 2.90. The Labute approximate surface area is 120 Å². The Morgan fingerprint density at radius 1 is 1.15 bits per heavy atom. The number of hydrogen-bond acceptors (Lipinski definition) is 3. The predicted molar refractivity (Wildman–Crippen MR) is 79.2 cm³/mol. The number of carboxylic acid groups (broad SMARTS) is 1. The van der Waals surface area contributed by atoms with Crippen molar-refractivity contribution in [2.24, 2.45) is 5.92 Å². The normalized spacial score (nSPS) is 12.7. The zero-order chi connectivity index (χ0) is 15.3. The fraction of sp³-hybridized carbons (Fsp3) is 0.500. The van der Waals surface area contributed by atoms with Crippen LogP contribution < -0.4 is 0 Å². The van der Waals surface area contributed by atoms with Gasteiger partial charge < -0.3 is 10.0 Å². The van der Waals surface area contributed by atoms with Gasteiger partial charge in [-0.15, -0.1) is 0 Å². The second-order valence-corrected chi connectivity index (χ2v) is 5.70. The Morgan fingerprint density at radius 3 is 2.10 bits per heavy atom. The lowest BCUT2D eigenvalue weighted by Crippen LogP contribution is -2.30. The molecule has 0 spiro atoms. The van der Waals surface area contributed by atoms with Crippen LogP contribution in [0.2, 0.25) is 0 Å². The van der Waals surface area contributed by atoms with Crippen LogP contribution in [0.4, 0.5) is 0 Å². The van der Waals surface area contributed by atoms with Crippen LogP contribution in [-0.4, -0.2) is 42.4 Å². The highest BCUT2D eigenvalue weighted by atomic mass is 16.4. The van der Waals surface area contributed by atoms with E-state index in [0.717, 1.165) is 0 Å². The Bertz CT molecular complexity index is 463. The number of carboxylic acids is 1. The summed E-state index contributed by atoms with van der Waals surface area (Å²) in [4.78, 5) is 25.1. The summed E-state index contributed by atoms with van der Waals surface area (Å²) in [6, 6.07) is 7.46. The van der Waals surface area contributed by atoms with Gasteiger partial charge in [0.15, 0.2) is 5.78 Å². The van der Waals surface area contributed by atoms with Crippen molar-refractivity contribution in [3.8, 4) is 0 Å². The van der Waals surface area contributed by atoms with Crippen LogP contribution in [0.3, 0.4) is 0 Å². The van der Waals surface area contributed by atoms with E-state index in [1.807, 2.05) is 31.1 Å². The standard InChI is InChI=1S/C16H23NO3/c1-11(2)12-5-7-13(8-6-12)16(20)14(9-15(18)19)10-17(3)4/h5-8,11,14H,9-10H2,1-4H3,(H,18,19). The molecule has 0 saturated carbocycles. The minimum absolute atomic E-state index is 0.101. The quantitative estimate of drug-likeness (QED) is 0.778. The van der Waals surface area contributed by atoms with Crippen molar-refractivity contribution in [2.75, 3.05) is 20.6 Å². The Kier molecular flexibility index (Phi) is 5.89. The average molecular weight is 277 g/mol. The van der Waals surface area contributed by atoms with Crippen LogP contribution in [0.5, 0.6) is 0 Å². The number of hydrogen-bond donors (Lipinski definition) is 1. The zero-order valence-electron chi connectivity index (χ0n) is 12.6. The first-order chi connectivity index (χ1) is 9.31. The van der Waals surface area contributed by atoms with Crippen molar-refractivity contribution >= 4 is 11.8 Å². The van der Waals surface area contributed by atoms with E-state index in [1.54, 1.807) is 12.1 Å². The first kappa shape index (κ1) is 16.4. The lowest BCUT2D eigenvalue weighted by Gasteiger charge is -2.18. The van der Waals surface area contributed by atoms with Crippen molar-refractivity contribution in [3.63, 3.8) is 0 Å². The van der Waals surface area contributed by atoms with Crippen LogP contribution in [0.1, 0.15) is 42.1 Å². The Morgan fingerprint density at radius 2 is 1.70 bits per heavy atom. The van der Waals surface area contributed by atoms with Crippen LogP contribution in [0.25, 0.3) is 0 Å². The summed E-state index contributed by atoms with van der Waals surface area (Å²) in [7, 11) is 3.67. The predicted octanol–water partition coefficient (Wildman–Crippen LogP) is 2.65. The second-order valence-electron chi connectivity index (χ2n) is 5.70. The molecule has 0 aliphatic carbocycles. The van der Waals surface area contributed by atoms with E-state index in [1.165, 1.54) is 5.56 Å². The molecule has 0 radical (unpaired) electrons. The van der Waals surface area contributed by atoms with Gasteiger partial charge in [0.05, 0.1) is 6.42 Å². The molecule has 0 aliphatic heterocycles. The molecule has 1 N–H and O–H groups in total. The molecule has 110 valence electrons. The summed E-state index contributed by atoms with van der Waals surface area (Å²) < 4.78 is 0. The number of benzene rings is 1. The molecule has 0 amide bonds. The van der Waals surface area contributed by atoms with Gasteiger partial charge in [-0.2, -0.15) is 0 Å². The number of Topliss-reactive ketones (excluding diaryl/α,β-unsaturated/α-hetero) is 1. The Hall–Kier alpha value is -1.68. The number of rotatable bonds is 7. The van der Waals surface area contributed by atoms with Crippen molar-refractivity contribution in [2.45, 2.75) is 26.2 Å². The van der Waals surface area contributed by atoms with Crippen molar-refractivity contribution in [3.05, 3.63) is 35.4 Å². The third-order valence-corrected chi connectivity index (χ3v) is 3.24. The van der Waals surface area contributed by atoms with Crippen molar-refractivity contribution < 1.29 is 14.7 Å². The number of carbonyl (C=O) groups excluding carboxylic acids is 1. The van der Waals surface area contributed by atoms with E-state index < -0.39 is 11.9 Å². The maximum Gasteiger partial charge on any atom is 0.304 e. The third kappa shape index (κ3) is 4.78. The summed E-state index contributed by atoms with van der Waals surface area (Å²) in [5.41, 5.74) is 1.76. The van der Waals surface area contributed by atoms with Crippen molar-refractivity contribution in [1.82, 2.24) is 4.90 Å². The summed E-state index contributed by atoms with van der Waals surface area (Å²) in [5, 5.41) is 8.94. The van der Waals surface area contributed by atoms with E-state index in [9.17, 15) is 9.59 Å². The van der Waals surface area contributed by atoms with E-state index in [4.69, 9.17) is 5.11 Å².